The molecule has 6 nitrogen and oxygen atoms in total. The molecule has 1 fully saturated rings. The highest BCUT2D eigenvalue weighted by Crippen LogP contribution is 2.39. The van der Waals surface area contributed by atoms with E-state index in [9.17, 15) is 22.7 Å². The highest BCUT2D eigenvalue weighted by molar-refractivity contribution is 7.91. The lowest BCUT2D eigenvalue weighted by molar-refractivity contribution is -0.124. The van der Waals surface area contributed by atoms with E-state index in [0.717, 1.165) is 0 Å². The summed E-state index contributed by atoms with van der Waals surface area (Å²) in [6.45, 7) is 1.81. The number of carbonyl (C=O) groups is 1. The zero-order valence-electron chi connectivity index (χ0n) is 12.5. The first-order valence-corrected chi connectivity index (χ1v) is 9.19. The van der Waals surface area contributed by atoms with Crippen molar-refractivity contribution < 1.29 is 22.7 Å². The fourth-order valence-electron chi connectivity index (χ4n) is 3.18. The molecule has 124 valence electrons. The van der Waals surface area contributed by atoms with Crippen molar-refractivity contribution in [3.8, 4) is 5.75 Å². The average molecular weight is 340 g/mol. The number of phenolic OH excluding ortho intramolecular Hbond substituents is 1. The van der Waals surface area contributed by atoms with Gasteiger partial charge in [0.05, 0.1) is 23.1 Å². The number of nitrogens with one attached hydrogen (secondary N) is 1. The molecule has 3 rings (SSSR count). The molecule has 0 saturated carbocycles. The Morgan fingerprint density at radius 3 is 2.83 bits per heavy atom. The molecule has 1 amide bonds. The molecule has 1 aromatic rings. The molecular formula is C15H17FN2O4S. The maximum absolute atomic E-state index is 13.9. The fourth-order valence-corrected chi connectivity index (χ4v) is 4.92. The zero-order valence-corrected chi connectivity index (χ0v) is 13.4. The molecule has 2 atom stereocenters. The Bertz CT molecular complexity index is 804. The minimum Gasteiger partial charge on any atom is -0.507 e. The second-order valence-corrected chi connectivity index (χ2v) is 8.32. The predicted molar refractivity (Wildman–Crippen MR) is 82.5 cm³/mol. The van der Waals surface area contributed by atoms with E-state index in [1.54, 1.807) is 0 Å². The van der Waals surface area contributed by atoms with Gasteiger partial charge in [-0.05, 0) is 30.9 Å². The Morgan fingerprint density at radius 1 is 1.43 bits per heavy atom. The van der Waals surface area contributed by atoms with Gasteiger partial charge in [-0.15, -0.1) is 0 Å². The van der Waals surface area contributed by atoms with Crippen molar-refractivity contribution in [3.63, 3.8) is 0 Å². The van der Waals surface area contributed by atoms with Crippen molar-refractivity contribution in [3.05, 3.63) is 29.1 Å². The third kappa shape index (κ3) is 2.95. The lowest BCUT2D eigenvalue weighted by Crippen LogP contribution is -2.28. The van der Waals surface area contributed by atoms with Crippen LogP contribution in [0.3, 0.4) is 0 Å². The van der Waals surface area contributed by atoms with Crippen molar-refractivity contribution in [1.82, 2.24) is 5.43 Å². The number of carbonyl (C=O) groups excluding carboxylic acids is 1. The van der Waals surface area contributed by atoms with E-state index in [1.807, 2.05) is 6.92 Å². The molecule has 8 heteroatoms. The molecule has 2 N–H and O–H groups in total. The standard InChI is InChI=1S/C15H17FN2O4S/c1-8-6-11(14-12(19)3-2-10(16)13(8)14)17-18-15(20)9-4-5-23(21,22)7-9/h2-3,8-9,19H,4-7H2,1H3,(H,18,20)/b17-11+/t8-,9-/m1/s1. The van der Waals surface area contributed by atoms with E-state index < -0.39 is 27.5 Å². The number of hydrogen-bond acceptors (Lipinski definition) is 5. The minimum absolute atomic E-state index is 0.00747. The van der Waals surface area contributed by atoms with Gasteiger partial charge in [0.15, 0.2) is 9.84 Å². The number of nitrogens with zero attached hydrogens (tertiary/aromatic N) is 1. The molecular weight excluding hydrogens is 323 g/mol. The van der Waals surface area contributed by atoms with Crippen molar-refractivity contribution in [2.75, 3.05) is 11.5 Å². The Kier molecular flexibility index (Phi) is 3.87. The Labute approximate surface area is 133 Å². The Hall–Kier alpha value is -1.96. The van der Waals surface area contributed by atoms with E-state index in [0.29, 0.717) is 23.3 Å². The first kappa shape index (κ1) is 15.9. The lowest BCUT2D eigenvalue weighted by atomic mass is 10.0. The van der Waals surface area contributed by atoms with Gasteiger partial charge < -0.3 is 5.11 Å². The van der Waals surface area contributed by atoms with Crippen LogP contribution in [0, 0.1) is 11.7 Å². The van der Waals surface area contributed by atoms with Gasteiger partial charge in [-0.2, -0.15) is 5.10 Å². The van der Waals surface area contributed by atoms with Crippen LogP contribution in [-0.4, -0.2) is 36.6 Å². The van der Waals surface area contributed by atoms with Gasteiger partial charge in [-0.1, -0.05) is 6.92 Å². The summed E-state index contributed by atoms with van der Waals surface area (Å²) in [6, 6.07) is 2.46. The third-order valence-corrected chi connectivity index (χ3v) is 6.12. The SMILES string of the molecule is C[C@@H]1C/C(=N\NC(=O)[C@@H]2CCS(=O)(=O)C2)c2c(O)ccc(F)c21. The first-order chi connectivity index (χ1) is 10.8. The van der Waals surface area contributed by atoms with E-state index in [2.05, 4.69) is 10.5 Å². The van der Waals surface area contributed by atoms with Gasteiger partial charge in [-0.3, -0.25) is 4.79 Å². The van der Waals surface area contributed by atoms with Crippen molar-refractivity contribution in [2.45, 2.75) is 25.7 Å². The van der Waals surface area contributed by atoms with Gasteiger partial charge in [-0.25, -0.2) is 18.2 Å². The maximum atomic E-state index is 13.9. The molecule has 1 aliphatic carbocycles. The number of hydrogen-bond donors (Lipinski definition) is 2. The van der Waals surface area contributed by atoms with Crippen LogP contribution in [0.15, 0.2) is 17.2 Å². The number of hydrazone groups is 1. The normalized spacial score (nSPS) is 27.1. The van der Waals surface area contributed by atoms with Crippen molar-refractivity contribution in [1.29, 1.82) is 0 Å². The van der Waals surface area contributed by atoms with Gasteiger partial charge >= 0.3 is 0 Å². The van der Waals surface area contributed by atoms with Crippen LogP contribution in [0.2, 0.25) is 0 Å². The number of fused-ring (bicyclic) bond motifs is 1. The van der Waals surface area contributed by atoms with E-state index in [4.69, 9.17) is 0 Å². The van der Waals surface area contributed by atoms with Crippen LogP contribution in [0.4, 0.5) is 4.39 Å². The molecule has 1 aliphatic heterocycles. The fraction of sp³-hybridized carbons (Fsp3) is 0.467. The molecule has 0 bridgehead atoms. The van der Waals surface area contributed by atoms with Gasteiger partial charge in [0.2, 0.25) is 5.91 Å². The van der Waals surface area contributed by atoms with Crippen LogP contribution >= 0.6 is 0 Å². The number of benzene rings is 1. The number of rotatable bonds is 2. The summed E-state index contributed by atoms with van der Waals surface area (Å²) in [4.78, 5) is 12.0. The number of amides is 1. The van der Waals surface area contributed by atoms with Crippen LogP contribution in [0.1, 0.15) is 36.8 Å². The van der Waals surface area contributed by atoms with Gasteiger partial charge in [0.1, 0.15) is 11.6 Å². The molecule has 0 unspecified atom stereocenters. The second-order valence-electron chi connectivity index (χ2n) is 6.09. The largest absolute Gasteiger partial charge is 0.507 e. The molecule has 1 aromatic carbocycles. The molecule has 0 aromatic heterocycles. The Balaban J connectivity index is 1.81. The molecule has 0 radical (unpaired) electrons. The zero-order chi connectivity index (χ0) is 16.8. The van der Waals surface area contributed by atoms with Crippen LogP contribution in [-0.2, 0) is 14.6 Å². The molecule has 1 heterocycles. The number of sulfone groups is 1. The van der Waals surface area contributed by atoms with E-state index in [1.165, 1.54) is 12.1 Å². The van der Waals surface area contributed by atoms with Crippen molar-refractivity contribution >= 4 is 21.5 Å². The summed E-state index contributed by atoms with van der Waals surface area (Å²) >= 11 is 0. The molecule has 1 saturated heterocycles. The monoisotopic (exact) mass is 340 g/mol. The molecule has 2 aliphatic rings. The molecule has 0 spiro atoms. The van der Waals surface area contributed by atoms with Crippen molar-refractivity contribution in [2.24, 2.45) is 11.0 Å². The number of aromatic hydroxyl groups is 1. The topological polar surface area (TPSA) is 95.8 Å². The van der Waals surface area contributed by atoms with Gasteiger partial charge in [0, 0.05) is 11.1 Å². The summed E-state index contributed by atoms with van der Waals surface area (Å²) in [5.74, 6) is -1.88. The molecule has 23 heavy (non-hydrogen) atoms. The lowest BCUT2D eigenvalue weighted by Gasteiger charge is -2.08. The first-order valence-electron chi connectivity index (χ1n) is 7.37. The van der Waals surface area contributed by atoms with Crippen LogP contribution < -0.4 is 5.43 Å². The average Bonchev–Trinajstić information content (AvgIpc) is 3.01. The second kappa shape index (κ2) is 5.59. The Morgan fingerprint density at radius 2 is 2.17 bits per heavy atom. The minimum atomic E-state index is -3.15. The van der Waals surface area contributed by atoms with Crippen LogP contribution in [0.5, 0.6) is 5.75 Å². The summed E-state index contributed by atoms with van der Waals surface area (Å²) < 4.78 is 36.7. The van der Waals surface area contributed by atoms with E-state index in [-0.39, 0.29) is 29.6 Å². The quantitative estimate of drug-likeness (QED) is 0.793. The smallest absolute Gasteiger partial charge is 0.244 e. The predicted octanol–water partition coefficient (Wildman–Crippen LogP) is 1.29. The van der Waals surface area contributed by atoms with Crippen LogP contribution in [0.25, 0.3) is 0 Å². The highest BCUT2D eigenvalue weighted by Gasteiger charge is 2.34. The van der Waals surface area contributed by atoms with Gasteiger partial charge in [0.25, 0.3) is 0 Å². The number of halogens is 1. The summed E-state index contributed by atoms with van der Waals surface area (Å²) in [7, 11) is -3.15. The number of phenols is 1. The summed E-state index contributed by atoms with van der Waals surface area (Å²) in [6.07, 6.45) is 0.680. The summed E-state index contributed by atoms with van der Waals surface area (Å²) in [5.41, 5.74) is 3.47. The van der Waals surface area contributed by atoms with E-state index >= 15 is 0 Å². The maximum Gasteiger partial charge on any atom is 0.244 e. The highest BCUT2D eigenvalue weighted by atomic mass is 32.2. The summed E-state index contributed by atoms with van der Waals surface area (Å²) in [5, 5.41) is 14.0. The third-order valence-electron chi connectivity index (χ3n) is 4.36.